The second-order valence-electron chi connectivity index (χ2n) is 4.81. The molecule has 2 aromatic rings. The summed E-state index contributed by atoms with van der Waals surface area (Å²) in [5.41, 5.74) is 4.48. The lowest BCUT2D eigenvalue weighted by Crippen LogP contribution is -2.06. The largest absolute Gasteiger partial charge is 0.495 e. The molecule has 0 saturated heterocycles. The molecule has 2 rings (SSSR count). The minimum absolute atomic E-state index is 0.112. The number of fused-ring (bicyclic) bond motifs is 1. The number of carbonyl (C=O) groups is 1. The third-order valence-corrected chi connectivity index (χ3v) is 3.71. The Morgan fingerprint density at radius 3 is 2.58 bits per heavy atom. The van der Waals surface area contributed by atoms with E-state index >= 15 is 0 Å². The Balaban J connectivity index is 2.71. The van der Waals surface area contributed by atoms with Crippen LogP contribution in [0.4, 0.5) is 0 Å². The summed E-state index contributed by atoms with van der Waals surface area (Å²) >= 11 is 0. The molecule has 0 aliphatic rings. The van der Waals surface area contributed by atoms with Crippen molar-refractivity contribution in [2.24, 2.45) is 0 Å². The average molecular weight is 261 g/mol. The van der Waals surface area contributed by atoms with E-state index in [1.807, 2.05) is 23.6 Å². The molecular formula is C15H19NO3. The van der Waals surface area contributed by atoms with Gasteiger partial charge in [0.2, 0.25) is 0 Å². The Morgan fingerprint density at radius 1 is 1.32 bits per heavy atom. The van der Waals surface area contributed by atoms with Crippen molar-refractivity contribution in [1.29, 1.82) is 0 Å². The molecule has 0 aliphatic heterocycles. The smallest absolute Gasteiger partial charge is 0.305 e. The number of aryl methyl sites for hydroxylation is 3. The van der Waals surface area contributed by atoms with Crippen molar-refractivity contribution < 1.29 is 14.6 Å². The zero-order valence-corrected chi connectivity index (χ0v) is 11.8. The van der Waals surface area contributed by atoms with Gasteiger partial charge < -0.3 is 14.4 Å². The summed E-state index contributed by atoms with van der Waals surface area (Å²) in [6, 6.07) is 3.98. The number of carboxylic acid groups (broad SMARTS) is 1. The first-order valence-electron chi connectivity index (χ1n) is 6.32. The first kappa shape index (κ1) is 13.5. The molecule has 0 radical (unpaired) electrons. The molecule has 0 bridgehead atoms. The fourth-order valence-electron chi connectivity index (χ4n) is 2.62. The van der Waals surface area contributed by atoms with Crippen molar-refractivity contribution in [3.05, 3.63) is 29.0 Å². The zero-order chi connectivity index (χ0) is 14.2. The van der Waals surface area contributed by atoms with Crippen molar-refractivity contribution in [3.8, 4) is 5.75 Å². The fraction of sp³-hybridized carbons (Fsp3) is 0.400. The summed E-state index contributed by atoms with van der Waals surface area (Å²) in [6.45, 7) is 6.62. The van der Waals surface area contributed by atoms with Crippen LogP contribution in [0.15, 0.2) is 12.1 Å². The van der Waals surface area contributed by atoms with Crippen LogP contribution in [-0.2, 0) is 11.3 Å². The molecule has 102 valence electrons. The lowest BCUT2D eigenvalue weighted by Gasteiger charge is -2.10. The number of benzene rings is 1. The molecule has 0 saturated carbocycles. The Bertz CT molecular complexity index is 641. The van der Waals surface area contributed by atoms with Gasteiger partial charge in [-0.2, -0.15) is 0 Å². The zero-order valence-electron chi connectivity index (χ0n) is 11.8. The van der Waals surface area contributed by atoms with Gasteiger partial charge in [0.1, 0.15) is 5.75 Å². The fourth-order valence-corrected chi connectivity index (χ4v) is 2.62. The molecule has 0 atom stereocenters. The Hall–Kier alpha value is -1.97. The maximum atomic E-state index is 10.8. The number of aromatic nitrogens is 1. The number of aliphatic carboxylic acids is 1. The van der Waals surface area contributed by atoms with Gasteiger partial charge in [-0.3, -0.25) is 4.79 Å². The highest BCUT2D eigenvalue weighted by Crippen LogP contribution is 2.34. The van der Waals surface area contributed by atoms with E-state index < -0.39 is 5.97 Å². The molecule has 1 heterocycles. The number of nitrogens with zero attached hydrogens (tertiary/aromatic N) is 1. The topological polar surface area (TPSA) is 51.5 Å². The molecule has 1 aromatic carbocycles. The predicted molar refractivity (Wildman–Crippen MR) is 75.0 cm³/mol. The molecule has 0 amide bonds. The maximum absolute atomic E-state index is 10.8. The first-order valence-corrected chi connectivity index (χ1v) is 6.32. The summed E-state index contributed by atoms with van der Waals surface area (Å²) in [6.07, 6.45) is 0.112. The highest BCUT2D eigenvalue weighted by atomic mass is 16.5. The highest BCUT2D eigenvalue weighted by molar-refractivity contribution is 5.93. The van der Waals surface area contributed by atoms with Gasteiger partial charge >= 0.3 is 5.97 Å². The quantitative estimate of drug-likeness (QED) is 0.920. The predicted octanol–water partition coefficient (Wildman–Crippen LogP) is 3.05. The minimum atomic E-state index is -0.787. The van der Waals surface area contributed by atoms with Crippen LogP contribution in [0.1, 0.15) is 23.2 Å². The molecule has 1 N–H and O–H groups in total. The van der Waals surface area contributed by atoms with E-state index in [2.05, 4.69) is 13.8 Å². The van der Waals surface area contributed by atoms with Crippen molar-refractivity contribution in [1.82, 2.24) is 4.57 Å². The van der Waals surface area contributed by atoms with Crippen LogP contribution >= 0.6 is 0 Å². The molecule has 0 spiro atoms. The Kier molecular flexibility index (Phi) is 3.51. The summed E-state index contributed by atoms with van der Waals surface area (Å²) in [5, 5.41) is 10.0. The van der Waals surface area contributed by atoms with E-state index in [0.29, 0.717) is 6.54 Å². The van der Waals surface area contributed by atoms with E-state index in [1.54, 1.807) is 7.11 Å². The van der Waals surface area contributed by atoms with Gasteiger partial charge in [-0.1, -0.05) is 6.07 Å². The lowest BCUT2D eigenvalue weighted by molar-refractivity contribution is -0.137. The first-order chi connectivity index (χ1) is 8.97. The highest BCUT2D eigenvalue weighted by Gasteiger charge is 2.17. The van der Waals surface area contributed by atoms with Crippen LogP contribution in [0.3, 0.4) is 0 Å². The minimum Gasteiger partial charge on any atom is -0.495 e. The van der Waals surface area contributed by atoms with Gasteiger partial charge in [0, 0.05) is 17.6 Å². The van der Waals surface area contributed by atoms with Crippen molar-refractivity contribution in [2.45, 2.75) is 33.7 Å². The maximum Gasteiger partial charge on any atom is 0.305 e. The second-order valence-corrected chi connectivity index (χ2v) is 4.81. The third-order valence-electron chi connectivity index (χ3n) is 3.71. The lowest BCUT2D eigenvalue weighted by atomic mass is 10.1. The van der Waals surface area contributed by atoms with Gasteiger partial charge in [0.05, 0.1) is 19.0 Å². The molecule has 0 fully saturated rings. The van der Waals surface area contributed by atoms with Crippen LogP contribution in [0, 0.1) is 20.8 Å². The number of carboxylic acids is 1. The number of rotatable bonds is 4. The SMILES string of the molecule is COc1ccc(C)c2c(C)c(C)n(CCC(=O)O)c12. The number of hydrogen-bond acceptors (Lipinski definition) is 2. The van der Waals surface area contributed by atoms with E-state index in [4.69, 9.17) is 9.84 Å². The summed E-state index contributed by atoms with van der Waals surface area (Å²) < 4.78 is 7.48. The number of methoxy groups -OCH3 is 1. The van der Waals surface area contributed by atoms with E-state index in [9.17, 15) is 4.79 Å². The Morgan fingerprint density at radius 2 is 2.00 bits per heavy atom. The monoisotopic (exact) mass is 261 g/mol. The summed E-state index contributed by atoms with van der Waals surface area (Å²) in [5.74, 6) is 0.00714. The van der Waals surface area contributed by atoms with E-state index in [1.165, 1.54) is 16.5 Å². The van der Waals surface area contributed by atoms with E-state index in [-0.39, 0.29) is 6.42 Å². The van der Waals surface area contributed by atoms with Gasteiger partial charge in [-0.15, -0.1) is 0 Å². The van der Waals surface area contributed by atoms with Crippen molar-refractivity contribution >= 4 is 16.9 Å². The molecule has 19 heavy (non-hydrogen) atoms. The molecule has 0 aliphatic carbocycles. The van der Waals surface area contributed by atoms with Crippen molar-refractivity contribution in [3.63, 3.8) is 0 Å². The van der Waals surface area contributed by atoms with Gasteiger partial charge in [-0.05, 0) is 38.0 Å². The van der Waals surface area contributed by atoms with Crippen molar-refractivity contribution in [2.75, 3.05) is 7.11 Å². The van der Waals surface area contributed by atoms with Crippen LogP contribution in [0.5, 0.6) is 5.75 Å². The van der Waals surface area contributed by atoms with Crippen LogP contribution in [0.25, 0.3) is 10.9 Å². The van der Waals surface area contributed by atoms with Gasteiger partial charge in [0.25, 0.3) is 0 Å². The second kappa shape index (κ2) is 4.96. The molecule has 0 unspecified atom stereocenters. The van der Waals surface area contributed by atoms with Gasteiger partial charge in [0.15, 0.2) is 0 Å². The van der Waals surface area contributed by atoms with E-state index in [0.717, 1.165) is 17.0 Å². The number of ether oxygens (including phenoxy) is 1. The molecule has 1 aromatic heterocycles. The third kappa shape index (κ3) is 2.18. The normalized spacial score (nSPS) is 10.9. The van der Waals surface area contributed by atoms with Crippen LogP contribution < -0.4 is 4.74 Å². The summed E-state index contributed by atoms with van der Waals surface area (Å²) in [4.78, 5) is 10.8. The standard InChI is InChI=1S/C15H19NO3/c1-9-5-6-12(19-4)15-14(9)10(2)11(3)16(15)8-7-13(17)18/h5-6H,7-8H2,1-4H3,(H,17,18). The summed E-state index contributed by atoms with van der Waals surface area (Å²) in [7, 11) is 1.64. The molecule has 4 nitrogen and oxygen atoms in total. The molecule has 4 heteroatoms. The Labute approximate surface area is 112 Å². The van der Waals surface area contributed by atoms with Crippen LogP contribution in [-0.4, -0.2) is 22.8 Å². The van der Waals surface area contributed by atoms with Crippen LogP contribution in [0.2, 0.25) is 0 Å². The molecular weight excluding hydrogens is 242 g/mol. The number of hydrogen-bond donors (Lipinski definition) is 1. The average Bonchev–Trinajstić information content (AvgIpc) is 2.62. The van der Waals surface area contributed by atoms with Gasteiger partial charge in [-0.25, -0.2) is 0 Å².